The summed E-state index contributed by atoms with van der Waals surface area (Å²) in [7, 11) is 0. The van der Waals surface area contributed by atoms with Gasteiger partial charge in [-0.3, -0.25) is 4.79 Å². The summed E-state index contributed by atoms with van der Waals surface area (Å²) < 4.78 is 36.7. The SMILES string of the molecule is O=C(COC(=O)c1ccccc1SC[C@@H]1CCCO1)Nc1ccc(F)c(F)c1. The van der Waals surface area contributed by atoms with Gasteiger partial charge < -0.3 is 14.8 Å². The van der Waals surface area contributed by atoms with E-state index >= 15 is 0 Å². The molecule has 1 atom stereocenters. The lowest BCUT2D eigenvalue weighted by molar-refractivity contribution is -0.119. The Hall–Kier alpha value is -2.45. The number of amides is 1. The predicted molar refractivity (Wildman–Crippen MR) is 101 cm³/mol. The third-order valence-corrected chi connectivity index (χ3v) is 5.30. The fourth-order valence-electron chi connectivity index (χ4n) is 2.70. The lowest BCUT2D eigenvalue weighted by Crippen LogP contribution is -2.21. The first-order valence-electron chi connectivity index (χ1n) is 8.78. The largest absolute Gasteiger partial charge is 0.452 e. The molecule has 5 nitrogen and oxygen atoms in total. The van der Waals surface area contributed by atoms with E-state index in [2.05, 4.69) is 5.32 Å². The maximum atomic E-state index is 13.2. The molecular formula is C20H19F2NO4S. The van der Waals surface area contributed by atoms with Gasteiger partial charge in [0.25, 0.3) is 5.91 Å². The molecule has 28 heavy (non-hydrogen) atoms. The molecule has 0 aliphatic carbocycles. The van der Waals surface area contributed by atoms with Crippen LogP contribution in [0.4, 0.5) is 14.5 Å². The molecule has 0 radical (unpaired) electrons. The third-order valence-electron chi connectivity index (χ3n) is 4.09. The molecule has 1 N–H and O–H groups in total. The molecule has 0 bridgehead atoms. The standard InChI is InChI=1S/C20H19F2NO4S/c21-16-8-7-13(10-17(16)22)23-19(24)11-27-20(25)15-5-1-2-6-18(15)28-12-14-4-3-9-26-14/h1-2,5-8,10,14H,3-4,9,11-12H2,(H,23,24)/t14-/m0/s1. The van der Waals surface area contributed by atoms with Crippen molar-refractivity contribution < 1.29 is 27.8 Å². The van der Waals surface area contributed by atoms with Gasteiger partial charge >= 0.3 is 5.97 Å². The summed E-state index contributed by atoms with van der Waals surface area (Å²) in [4.78, 5) is 25.0. The number of rotatable bonds is 7. The van der Waals surface area contributed by atoms with E-state index in [9.17, 15) is 18.4 Å². The van der Waals surface area contributed by atoms with Crippen molar-refractivity contribution in [2.24, 2.45) is 0 Å². The summed E-state index contributed by atoms with van der Waals surface area (Å²) in [6.07, 6.45) is 2.22. The van der Waals surface area contributed by atoms with Gasteiger partial charge in [0.15, 0.2) is 18.2 Å². The lowest BCUT2D eigenvalue weighted by atomic mass is 10.2. The van der Waals surface area contributed by atoms with Gasteiger partial charge in [0.1, 0.15) is 0 Å². The second kappa shape index (κ2) is 9.66. The number of nitrogens with one attached hydrogen (secondary N) is 1. The number of hydrogen-bond donors (Lipinski definition) is 1. The van der Waals surface area contributed by atoms with Crippen LogP contribution in [0.15, 0.2) is 47.4 Å². The zero-order chi connectivity index (χ0) is 19.9. The molecule has 1 amide bonds. The normalized spacial score (nSPS) is 16.0. The van der Waals surface area contributed by atoms with Crippen molar-refractivity contribution in [1.29, 1.82) is 0 Å². The minimum absolute atomic E-state index is 0.0764. The Kier molecular flexibility index (Phi) is 7.00. The van der Waals surface area contributed by atoms with Crippen molar-refractivity contribution in [3.8, 4) is 0 Å². The van der Waals surface area contributed by atoms with E-state index in [0.29, 0.717) is 5.56 Å². The van der Waals surface area contributed by atoms with Crippen molar-refractivity contribution in [2.75, 3.05) is 24.3 Å². The van der Waals surface area contributed by atoms with Gasteiger partial charge in [-0.25, -0.2) is 13.6 Å². The lowest BCUT2D eigenvalue weighted by Gasteiger charge is -2.12. The topological polar surface area (TPSA) is 64.6 Å². The van der Waals surface area contributed by atoms with Crippen LogP contribution >= 0.6 is 11.8 Å². The number of hydrogen-bond acceptors (Lipinski definition) is 5. The molecule has 8 heteroatoms. The first-order valence-corrected chi connectivity index (χ1v) is 9.77. The number of anilines is 1. The van der Waals surface area contributed by atoms with E-state index < -0.39 is 30.1 Å². The number of esters is 1. The average Bonchev–Trinajstić information content (AvgIpc) is 3.21. The summed E-state index contributed by atoms with van der Waals surface area (Å²) in [5.41, 5.74) is 0.443. The highest BCUT2D eigenvalue weighted by atomic mass is 32.2. The molecule has 0 saturated carbocycles. The highest BCUT2D eigenvalue weighted by Crippen LogP contribution is 2.27. The number of thioether (sulfide) groups is 1. The van der Waals surface area contributed by atoms with E-state index in [1.807, 2.05) is 12.1 Å². The predicted octanol–water partition coefficient (Wildman–Crippen LogP) is 4.03. The molecule has 1 heterocycles. The smallest absolute Gasteiger partial charge is 0.339 e. The van der Waals surface area contributed by atoms with Gasteiger partial charge in [-0.1, -0.05) is 12.1 Å². The molecule has 0 spiro atoms. The minimum Gasteiger partial charge on any atom is -0.452 e. The monoisotopic (exact) mass is 407 g/mol. The fourth-order valence-corrected chi connectivity index (χ4v) is 3.81. The molecule has 1 fully saturated rings. The average molecular weight is 407 g/mol. The zero-order valence-electron chi connectivity index (χ0n) is 15.0. The maximum absolute atomic E-state index is 13.2. The van der Waals surface area contributed by atoms with Gasteiger partial charge in [0, 0.05) is 29.0 Å². The van der Waals surface area contributed by atoms with Gasteiger partial charge in [-0.05, 0) is 37.1 Å². The second-order valence-corrected chi connectivity index (χ2v) is 7.26. The summed E-state index contributed by atoms with van der Waals surface area (Å²) in [5.74, 6) is -2.63. The van der Waals surface area contributed by atoms with Gasteiger partial charge in [-0.15, -0.1) is 11.8 Å². The van der Waals surface area contributed by atoms with E-state index in [4.69, 9.17) is 9.47 Å². The van der Waals surface area contributed by atoms with E-state index in [1.54, 1.807) is 12.1 Å². The number of ether oxygens (including phenoxy) is 2. The number of benzene rings is 2. The first kappa shape index (κ1) is 20.3. The molecule has 0 aromatic heterocycles. The van der Waals surface area contributed by atoms with Crippen LogP contribution in [0, 0.1) is 11.6 Å². The number of carbonyl (C=O) groups is 2. The molecule has 1 aliphatic heterocycles. The Morgan fingerprint density at radius 3 is 2.75 bits per heavy atom. The Morgan fingerprint density at radius 1 is 1.18 bits per heavy atom. The maximum Gasteiger partial charge on any atom is 0.339 e. The Morgan fingerprint density at radius 2 is 2.00 bits per heavy atom. The molecule has 3 rings (SSSR count). The Balaban J connectivity index is 1.53. The third kappa shape index (κ3) is 5.53. The van der Waals surface area contributed by atoms with Crippen molar-refractivity contribution in [1.82, 2.24) is 0 Å². The highest BCUT2D eigenvalue weighted by molar-refractivity contribution is 7.99. The first-order chi connectivity index (χ1) is 13.5. The van der Waals surface area contributed by atoms with Gasteiger partial charge in [-0.2, -0.15) is 0 Å². The Bertz CT molecular complexity index is 856. The molecule has 1 aliphatic rings. The van der Waals surface area contributed by atoms with Gasteiger partial charge in [0.05, 0.1) is 11.7 Å². The number of halogens is 2. The van der Waals surface area contributed by atoms with Crippen LogP contribution in [0.25, 0.3) is 0 Å². The van der Waals surface area contributed by atoms with Crippen LogP contribution in [-0.4, -0.2) is 36.9 Å². The summed E-state index contributed by atoms with van der Waals surface area (Å²) in [6.45, 7) is 0.227. The van der Waals surface area contributed by atoms with Crippen molar-refractivity contribution in [2.45, 2.75) is 23.8 Å². The van der Waals surface area contributed by atoms with E-state index in [0.717, 1.165) is 42.2 Å². The van der Waals surface area contributed by atoms with Crippen LogP contribution < -0.4 is 5.32 Å². The molecule has 1 saturated heterocycles. The fraction of sp³-hybridized carbons (Fsp3) is 0.300. The van der Waals surface area contributed by atoms with Crippen molar-refractivity contribution >= 4 is 29.3 Å². The quantitative estimate of drug-likeness (QED) is 0.555. The van der Waals surface area contributed by atoms with Crippen LogP contribution in [0.2, 0.25) is 0 Å². The summed E-state index contributed by atoms with van der Waals surface area (Å²) in [5, 5.41) is 2.35. The second-order valence-electron chi connectivity index (χ2n) is 6.20. The van der Waals surface area contributed by atoms with Crippen LogP contribution in [-0.2, 0) is 14.3 Å². The summed E-state index contributed by atoms with van der Waals surface area (Å²) in [6, 6.07) is 9.96. The molecule has 148 valence electrons. The van der Waals surface area contributed by atoms with Crippen molar-refractivity contribution in [3.63, 3.8) is 0 Å². The van der Waals surface area contributed by atoms with Gasteiger partial charge in [0.2, 0.25) is 0 Å². The molecule has 0 unspecified atom stereocenters. The Labute approximate surface area is 165 Å². The molecule has 2 aromatic rings. The van der Waals surface area contributed by atoms with Crippen LogP contribution in [0.1, 0.15) is 23.2 Å². The molecular weight excluding hydrogens is 388 g/mol. The summed E-state index contributed by atoms with van der Waals surface area (Å²) >= 11 is 1.51. The van der Waals surface area contributed by atoms with Crippen LogP contribution in [0.5, 0.6) is 0 Å². The zero-order valence-corrected chi connectivity index (χ0v) is 15.8. The number of carbonyl (C=O) groups excluding carboxylic acids is 2. The van der Waals surface area contributed by atoms with Crippen LogP contribution in [0.3, 0.4) is 0 Å². The minimum atomic E-state index is -1.08. The van der Waals surface area contributed by atoms with Crippen molar-refractivity contribution in [3.05, 3.63) is 59.7 Å². The van der Waals surface area contributed by atoms with E-state index in [1.165, 1.54) is 17.8 Å². The van der Waals surface area contributed by atoms with E-state index in [-0.39, 0.29) is 11.8 Å². The highest BCUT2D eigenvalue weighted by Gasteiger charge is 2.19. The molecule has 2 aromatic carbocycles.